The summed E-state index contributed by atoms with van der Waals surface area (Å²) in [6.45, 7) is 9.93. The molecule has 0 saturated heterocycles. The molecule has 6 nitrogen and oxygen atoms in total. The summed E-state index contributed by atoms with van der Waals surface area (Å²) in [5.41, 5.74) is 4.11. The molecule has 0 radical (unpaired) electrons. The van der Waals surface area contributed by atoms with E-state index in [9.17, 15) is 23.5 Å². The molecule has 3 aromatic rings. The molecule has 1 aromatic heterocycles. The zero-order valence-corrected chi connectivity index (χ0v) is 22.6. The van der Waals surface area contributed by atoms with Gasteiger partial charge in [0, 0.05) is 49.7 Å². The van der Waals surface area contributed by atoms with E-state index in [1.807, 2.05) is 16.8 Å². The second-order valence-electron chi connectivity index (χ2n) is 11.1. The number of aliphatic hydroxyl groups is 1. The third kappa shape index (κ3) is 8.60. The number of carbonyl (C=O) groups is 2. The summed E-state index contributed by atoms with van der Waals surface area (Å²) in [5, 5.41) is 16.8. The van der Waals surface area contributed by atoms with Crippen molar-refractivity contribution in [3.05, 3.63) is 88.7 Å². The van der Waals surface area contributed by atoms with Crippen LogP contribution in [0.1, 0.15) is 61.7 Å². The Labute approximate surface area is 223 Å². The van der Waals surface area contributed by atoms with Gasteiger partial charge in [0.1, 0.15) is 11.6 Å². The minimum Gasteiger partial charge on any atom is -0.390 e. The molecule has 3 rings (SSSR count). The molecule has 38 heavy (non-hydrogen) atoms. The Bertz CT molecular complexity index is 1260. The molecule has 0 aliphatic heterocycles. The summed E-state index contributed by atoms with van der Waals surface area (Å²) in [4.78, 5) is 23.6. The van der Waals surface area contributed by atoms with Crippen LogP contribution < -0.4 is 10.6 Å². The van der Waals surface area contributed by atoms with E-state index in [1.165, 1.54) is 31.5 Å². The van der Waals surface area contributed by atoms with Crippen molar-refractivity contribution in [2.75, 3.05) is 6.54 Å². The number of halogens is 2. The fraction of sp³-hybridized carbons (Fsp3) is 0.400. The third-order valence-electron chi connectivity index (χ3n) is 6.16. The SMILES string of the molecule is CC(=O)NC(Cc1cc(F)cc(F)c1)C(O)CNCc1cc(CC(C)(C)C)ccc1-n1ccc(C(C)=O)c1. The second kappa shape index (κ2) is 12.5. The Morgan fingerprint density at radius 2 is 1.68 bits per heavy atom. The highest BCUT2D eigenvalue weighted by Crippen LogP contribution is 2.25. The van der Waals surface area contributed by atoms with E-state index in [2.05, 4.69) is 43.5 Å². The van der Waals surface area contributed by atoms with Gasteiger partial charge < -0.3 is 20.3 Å². The van der Waals surface area contributed by atoms with E-state index >= 15 is 0 Å². The van der Waals surface area contributed by atoms with Gasteiger partial charge in [0.25, 0.3) is 0 Å². The fourth-order valence-electron chi connectivity index (χ4n) is 4.53. The first-order valence-corrected chi connectivity index (χ1v) is 12.7. The highest BCUT2D eigenvalue weighted by molar-refractivity contribution is 5.94. The van der Waals surface area contributed by atoms with Crippen molar-refractivity contribution >= 4 is 11.7 Å². The number of aliphatic hydroxyl groups excluding tert-OH is 1. The number of Topliss-reactive ketones (excluding diaryl/α,β-unsaturated/α-hetero) is 1. The van der Waals surface area contributed by atoms with Gasteiger partial charge >= 0.3 is 0 Å². The van der Waals surface area contributed by atoms with Crippen LogP contribution in [0.15, 0.2) is 54.9 Å². The molecule has 0 fully saturated rings. The van der Waals surface area contributed by atoms with Gasteiger partial charge in [0.05, 0.1) is 12.1 Å². The van der Waals surface area contributed by atoms with Crippen LogP contribution in [0.4, 0.5) is 8.78 Å². The van der Waals surface area contributed by atoms with Crippen molar-refractivity contribution in [1.82, 2.24) is 15.2 Å². The summed E-state index contributed by atoms with van der Waals surface area (Å²) < 4.78 is 29.2. The second-order valence-corrected chi connectivity index (χ2v) is 11.1. The Hall–Kier alpha value is -3.36. The van der Waals surface area contributed by atoms with Gasteiger partial charge in [-0.15, -0.1) is 0 Å². The van der Waals surface area contributed by atoms with E-state index in [1.54, 1.807) is 12.3 Å². The average molecular weight is 526 g/mol. The first kappa shape index (κ1) is 29.2. The van der Waals surface area contributed by atoms with Crippen molar-refractivity contribution in [3.63, 3.8) is 0 Å². The largest absolute Gasteiger partial charge is 0.390 e. The predicted octanol–water partition coefficient (Wildman–Crippen LogP) is 4.74. The molecule has 0 spiro atoms. The topological polar surface area (TPSA) is 83.4 Å². The van der Waals surface area contributed by atoms with Crippen molar-refractivity contribution in [2.45, 2.75) is 66.2 Å². The highest BCUT2D eigenvalue weighted by atomic mass is 19.1. The molecule has 1 amide bonds. The van der Waals surface area contributed by atoms with E-state index in [0.29, 0.717) is 17.7 Å². The molecule has 0 aliphatic rings. The van der Waals surface area contributed by atoms with Crippen LogP contribution in [0, 0.1) is 17.0 Å². The highest BCUT2D eigenvalue weighted by Gasteiger charge is 2.22. The molecular weight excluding hydrogens is 488 g/mol. The number of benzene rings is 2. The smallest absolute Gasteiger partial charge is 0.217 e. The number of ketones is 1. The van der Waals surface area contributed by atoms with E-state index in [-0.39, 0.29) is 30.1 Å². The maximum atomic E-state index is 13.7. The zero-order chi connectivity index (χ0) is 28.0. The van der Waals surface area contributed by atoms with Crippen LogP contribution in [0.5, 0.6) is 0 Å². The maximum Gasteiger partial charge on any atom is 0.217 e. The van der Waals surface area contributed by atoms with Crippen LogP contribution in [-0.2, 0) is 24.2 Å². The van der Waals surface area contributed by atoms with Crippen LogP contribution in [0.25, 0.3) is 5.69 Å². The number of hydrogen-bond donors (Lipinski definition) is 3. The Morgan fingerprint density at radius 1 is 1.00 bits per heavy atom. The van der Waals surface area contributed by atoms with Crippen molar-refractivity contribution in [2.24, 2.45) is 5.41 Å². The number of hydrogen-bond acceptors (Lipinski definition) is 4. The number of amides is 1. The summed E-state index contributed by atoms with van der Waals surface area (Å²) in [7, 11) is 0. The monoisotopic (exact) mass is 525 g/mol. The molecule has 8 heteroatoms. The fourth-order valence-corrected chi connectivity index (χ4v) is 4.53. The normalized spacial score (nSPS) is 13.3. The molecule has 1 heterocycles. The van der Waals surface area contributed by atoms with Crippen LogP contribution in [0.3, 0.4) is 0 Å². The van der Waals surface area contributed by atoms with Crippen molar-refractivity contribution in [1.29, 1.82) is 0 Å². The van der Waals surface area contributed by atoms with Gasteiger partial charge in [0.2, 0.25) is 5.91 Å². The molecule has 2 unspecified atom stereocenters. The predicted molar refractivity (Wildman–Crippen MR) is 144 cm³/mol. The number of nitrogens with zero attached hydrogens (tertiary/aromatic N) is 1. The van der Waals surface area contributed by atoms with E-state index in [4.69, 9.17) is 0 Å². The van der Waals surface area contributed by atoms with Crippen molar-refractivity contribution in [3.8, 4) is 5.69 Å². The van der Waals surface area contributed by atoms with Crippen molar-refractivity contribution < 1.29 is 23.5 Å². The minimum absolute atomic E-state index is 0.0157. The van der Waals surface area contributed by atoms with Gasteiger partial charge in [-0.1, -0.05) is 32.9 Å². The molecule has 0 saturated carbocycles. The number of aromatic nitrogens is 1. The number of nitrogens with one attached hydrogen (secondary N) is 2. The van der Waals surface area contributed by atoms with E-state index in [0.717, 1.165) is 23.7 Å². The van der Waals surface area contributed by atoms with Gasteiger partial charge in [-0.05, 0) is 66.1 Å². The molecule has 2 aromatic carbocycles. The molecular formula is C30H37F2N3O3. The molecule has 204 valence electrons. The first-order valence-electron chi connectivity index (χ1n) is 12.7. The molecule has 0 bridgehead atoms. The van der Waals surface area contributed by atoms with Gasteiger partial charge in [-0.25, -0.2) is 8.78 Å². The van der Waals surface area contributed by atoms with Gasteiger partial charge in [0.15, 0.2) is 5.78 Å². The zero-order valence-electron chi connectivity index (χ0n) is 22.6. The minimum atomic E-state index is -1.01. The Morgan fingerprint density at radius 3 is 2.26 bits per heavy atom. The summed E-state index contributed by atoms with van der Waals surface area (Å²) >= 11 is 0. The summed E-state index contributed by atoms with van der Waals surface area (Å²) in [6, 6.07) is 10.4. The molecule has 3 N–H and O–H groups in total. The van der Waals surface area contributed by atoms with Gasteiger partial charge in [-0.3, -0.25) is 9.59 Å². The molecule has 2 atom stereocenters. The lowest BCUT2D eigenvalue weighted by Gasteiger charge is -2.25. The van der Waals surface area contributed by atoms with Gasteiger partial charge in [-0.2, -0.15) is 0 Å². The maximum absolute atomic E-state index is 13.7. The van der Waals surface area contributed by atoms with E-state index < -0.39 is 23.8 Å². The first-order chi connectivity index (χ1) is 17.8. The lowest BCUT2D eigenvalue weighted by Crippen LogP contribution is -2.48. The molecule has 0 aliphatic carbocycles. The summed E-state index contributed by atoms with van der Waals surface area (Å²) in [5.74, 6) is -1.79. The van der Waals surface area contributed by atoms with Crippen LogP contribution >= 0.6 is 0 Å². The Kier molecular flexibility index (Phi) is 9.57. The third-order valence-corrected chi connectivity index (χ3v) is 6.16. The summed E-state index contributed by atoms with van der Waals surface area (Å²) in [6.07, 6.45) is 3.58. The standard InChI is InChI=1S/C30H37F2N3O3/c1-19(36)23-8-9-35(18-23)28-7-6-21(15-30(3,4)5)10-24(28)16-33-17-29(38)27(34-20(2)37)13-22-11-25(31)14-26(32)12-22/h6-12,14,18,27,29,33,38H,13,15-17H2,1-5H3,(H,34,37). The lowest BCUT2D eigenvalue weighted by molar-refractivity contribution is -0.120. The lowest BCUT2D eigenvalue weighted by atomic mass is 9.87. The quantitative estimate of drug-likeness (QED) is 0.316. The van der Waals surface area contributed by atoms with Crippen LogP contribution in [-0.4, -0.2) is 40.1 Å². The average Bonchev–Trinajstić information content (AvgIpc) is 3.27. The number of carbonyl (C=O) groups excluding carboxylic acids is 2. The number of rotatable bonds is 11. The van der Waals surface area contributed by atoms with Crippen LogP contribution in [0.2, 0.25) is 0 Å². The Balaban J connectivity index is 1.78.